The van der Waals surface area contributed by atoms with E-state index in [0.717, 1.165) is 51.4 Å². The standard InChI is InChI=1S/C34H46O7/c1-24(35)40-31-23-32(41-34-16-10-11-21-39-34)29(28(31)14-8-3-4-9-15-33(37)38-2)19-20-30(36)27-18-17-26(22-27)25-12-6-5-7-13-25/h3,5-8,12-13,19-20,26-29,31-32,34H,4,9-11,14-18,21-23H2,1-2H3/b8-3-,20-19+/t26?,27?,28-,29-,31+,32-,34?/m1/s1. The van der Waals surface area contributed by atoms with Crippen LogP contribution in [0.5, 0.6) is 0 Å². The van der Waals surface area contributed by atoms with Crippen molar-refractivity contribution in [2.24, 2.45) is 17.8 Å². The topological polar surface area (TPSA) is 88.1 Å². The highest BCUT2D eigenvalue weighted by atomic mass is 16.7. The highest BCUT2D eigenvalue weighted by molar-refractivity contribution is 5.92. The molecule has 3 fully saturated rings. The molecule has 41 heavy (non-hydrogen) atoms. The van der Waals surface area contributed by atoms with Crippen LogP contribution in [0.2, 0.25) is 0 Å². The third kappa shape index (κ3) is 9.37. The summed E-state index contributed by atoms with van der Waals surface area (Å²) >= 11 is 0. The fraction of sp³-hybridized carbons (Fsp3) is 0.618. The summed E-state index contributed by atoms with van der Waals surface area (Å²) in [5, 5.41) is 0. The Morgan fingerprint density at radius 3 is 2.56 bits per heavy atom. The monoisotopic (exact) mass is 566 g/mol. The van der Waals surface area contributed by atoms with E-state index in [0.29, 0.717) is 31.8 Å². The Hall–Kier alpha value is -2.77. The van der Waals surface area contributed by atoms with E-state index in [1.54, 1.807) is 6.08 Å². The van der Waals surface area contributed by atoms with Gasteiger partial charge >= 0.3 is 11.9 Å². The van der Waals surface area contributed by atoms with Crippen LogP contribution in [-0.2, 0) is 33.3 Å². The second kappa shape index (κ2) is 16.0. The molecule has 4 rings (SSSR count). The van der Waals surface area contributed by atoms with Gasteiger partial charge in [-0.05, 0) is 75.3 Å². The van der Waals surface area contributed by atoms with Crippen LogP contribution in [-0.4, -0.2) is 49.9 Å². The average Bonchev–Trinajstić information content (AvgIpc) is 3.59. The SMILES string of the molecule is COC(=O)CCC/C=C\C[C@@H]1[C@@H](/C=C/C(=O)C2CCC(c3ccccc3)C2)[C@H](OC2CCCCO2)C[C@@H]1OC(C)=O. The summed E-state index contributed by atoms with van der Waals surface area (Å²) in [6.45, 7) is 2.13. The van der Waals surface area contributed by atoms with E-state index >= 15 is 0 Å². The van der Waals surface area contributed by atoms with E-state index in [-0.39, 0.29) is 54.0 Å². The molecule has 3 unspecified atom stereocenters. The van der Waals surface area contributed by atoms with Crippen molar-refractivity contribution in [1.82, 2.24) is 0 Å². The van der Waals surface area contributed by atoms with Gasteiger partial charge in [0.15, 0.2) is 12.1 Å². The van der Waals surface area contributed by atoms with Gasteiger partial charge in [0.1, 0.15) is 6.10 Å². The Morgan fingerprint density at radius 1 is 1.00 bits per heavy atom. The number of methoxy groups -OCH3 is 1. The van der Waals surface area contributed by atoms with Gasteiger partial charge in [0.25, 0.3) is 0 Å². The maximum atomic E-state index is 13.4. The normalized spacial score (nSPS) is 30.1. The summed E-state index contributed by atoms with van der Waals surface area (Å²) in [5.41, 5.74) is 1.31. The van der Waals surface area contributed by atoms with Crippen molar-refractivity contribution in [3.8, 4) is 0 Å². The molecular formula is C34H46O7. The molecule has 0 aromatic heterocycles. The highest BCUT2D eigenvalue weighted by Gasteiger charge is 2.45. The van der Waals surface area contributed by atoms with E-state index in [9.17, 15) is 14.4 Å². The summed E-state index contributed by atoms with van der Waals surface area (Å²) in [5.74, 6) is -0.000971. The van der Waals surface area contributed by atoms with Gasteiger partial charge in [-0.1, -0.05) is 48.6 Å². The number of hydrogen-bond acceptors (Lipinski definition) is 7. The summed E-state index contributed by atoms with van der Waals surface area (Å²) in [6.07, 6.45) is 16.0. The number of esters is 2. The number of hydrogen-bond donors (Lipinski definition) is 0. The number of ether oxygens (including phenoxy) is 4. The smallest absolute Gasteiger partial charge is 0.305 e. The minimum atomic E-state index is -0.312. The molecule has 1 aliphatic heterocycles. The molecule has 1 aromatic rings. The van der Waals surface area contributed by atoms with Gasteiger partial charge < -0.3 is 18.9 Å². The Labute approximate surface area is 244 Å². The number of benzene rings is 1. The van der Waals surface area contributed by atoms with Gasteiger partial charge in [-0.15, -0.1) is 0 Å². The second-order valence-corrected chi connectivity index (χ2v) is 11.6. The van der Waals surface area contributed by atoms with Crippen LogP contribution in [0.15, 0.2) is 54.6 Å². The van der Waals surface area contributed by atoms with Gasteiger partial charge in [0.05, 0.1) is 13.2 Å². The van der Waals surface area contributed by atoms with Gasteiger partial charge in [-0.2, -0.15) is 0 Å². The van der Waals surface area contributed by atoms with E-state index < -0.39 is 0 Å². The first-order valence-electron chi connectivity index (χ1n) is 15.4. The first-order valence-corrected chi connectivity index (χ1v) is 15.4. The molecule has 1 aromatic carbocycles. The van der Waals surface area contributed by atoms with Gasteiger partial charge in [-0.3, -0.25) is 14.4 Å². The molecule has 1 saturated heterocycles. The summed E-state index contributed by atoms with van der Waals surface area (Å²) in [4.78, 5) is 36.8. The zero-order valence-corrected chi connectivity index (χ0v) is 24.6. The van der Waals surface area contributed by atoms with Crippen molar-refractivity contribution in [2.45, 2.75) is 102 Å². The van der Waals surface area contributed by atoms with Crippen molar-refractivity contribution < 1.29 is 33.3 Å². The molecule has 224 valence electrons. The molecule has 0 spiro atoms. The second-order valence-electron chi connectivity index (χ2n) is 11.6. The number of allylic oxidation sites excluding steroid dienone is 3. The Morgan fingerprint density at radius 2 is 1.83 bits per heavy atom. The fourth-order valence-corrected chi connectivity index (χ4v) is 6.62. The molecule has 7 heteroatoms. The van der Waals surface area contributed by atoms with E-state index in [4.69, 9.17) is 18.9 Å². The van der Waals surface area contributed by atoms with Crippen LogP contribution in [0.25, 0.3) is 0 Å². The minimum absolute atomic E-state index is 0.0194. The zero-order chi connectivity index (χ0) is 29.0. The predicted octanol–water partition coefficient (Wildman–Crippen LogP) is 6.46. The molecule has 3 aliphatic rings. The number of carbonyl (C=O) groups is 3. The predicted molar refractivity (Wildman–Crippen MR) is 156 cm³/mol. The summed E-state index contributed by atoms with van der Waals surface area (Å²) in [6, 6.07) is 10.5. The van der Waals surface area contributed by atoms with Crippen molar-refractivity contribution in [3.05, 3.63) is 60.2 Å². The summed E-state index contributed by atoms with van der Waals surface area (Å²) < 4.78 is 22.9. The Kier molecular flexibility index (Phi) is 12.2. The van der Waals surface area contributed by atoms with Crippen molar-refractivity contribution >= 4 is 17.7 Å². The molecule has 0 radical (unpaired) electrons. The first kappa shape index (κ1) is 31.2. The van der Waals surface area contributed by atoms with Crippen molar-refractivity contribution in [1.29, 1.82) is 0 Å². The number of carbonyl (C=O) groups excluding carboxylic acids is 3. The molecule has 7 atom stereocenters. The number of ketones is 1. The van der Waals surface area contributed by atoms with Crippen LogP contribution in [0, 0.1) is 17.8 Å². The lowest BCUT2D eigenvalue weighted by Crippen LogP contribution is -2.30. The lowest BCUT2D eigenvalue weighted by molar-refractivity contribution is -0.193. The van der Waals surface area contributed by atoms with Crippen LogP contribution in [0.3, 0.4) is 0 Å². The first-order chi connectivity index (χ1) is 19.9. The summed E-state index contributed by atoms with van der Waals surface area (Å²) in [7, 11) is 1.40. The minimum Gasteiger partial charge on any atom is -0.469 e. The van der Waals surface area contributed by atoms with Crippen LogP contribution in [0.1, 0.15) is 89.0 Å². The highest BCUT2D eigenvalue weighted by Crippen LogP contribution is 2.42. The maximum Gasteiger partial charge on any atom is 0.305 e. The largest absolute Gasteiger partial charge is 0.469 e. The number of rotatable bonds is 13. The molecule has 0 bridgehead atoms. The zero-order valence-electron chi connectivity index (χ0n) is 24.6. The van der Waals surface area contributed by atoms with Gasteiger partial charge in [0.2, 0.25) is 0 Å². The van der Waals surface area contributed by atoms with Gasteiger partial charge in [0, 0.05) is 44.1 Å². The van der Waals surface area contributed by atoms with Crippen LogP contribution in [0.4, 0.5) is 0 Å². The third-order valence-corrected chi connectivity index (χ3v) is 8.79. The fourth-order valence-electron chi connectivity index (χ4n) is 6.62. The molecule has 2 aliphatic carbocycles. The van der Waals surface area contributed by atoms with E-state index in [1.165, 1.54) is 19.6 Å². The van der Waals surface area contributed by atoms with Crippen molar-refractivity contribution in [2.75, 3.05) is 13.7 Å². The molecule has 7 nitrogen and oxygen atoms in total. The maximum absolute atomic E-state index is 13.4. The average molecular weight is 567 g/mol. The molecule has 2 saturated carbocycles. The lowest BCUT2D eigenvalue weighted by atomic mass is 9.88. The number of unbranched alkanes of at least 4 members (excludes halogenated alkanes) is 1. The third-order valence-electron chi connectivity index (χ3n) is 8.79. The van der Waals surface area contributed by atoms with Crippen LogP contribution < -0.4 is 0 Å². The van der Waals surface area contributed by atoms with Crippen LogP contribution >= 0.6 is 0 Å². The quantitative estimate of drug-likeness (QED) is 0.117. The van der Waals surface area contributed by atoms with Crippen molar-refractivity contribution in [3.63, 3.8) is 0 Å². The molecule has 1 heterocycles. The molecule has 0 amide bonds. The lowest BCUT2D eigenvalue weighted by Gasteiger charge is -2.29. The molecule has 0 N–H and O–H groups in total. The van der Waals surface area contributed by atoms with E-state index in [2.05, 4.69) is 36.4 Å². The Balaban J connectivity index is 1.45. The van der Waals surface area contributed by atoms with Gasteiger partial charge in [-0.25, -0.2) is 0 Å². The Bertz CT molecular complexity index is 1040. The molecular weight excluding hydrogens is 520 g/mol. The van der Waals surface area contributed by atoms with E-state index in [1.807, 2.05) is 12.1 Å².